The van der Waals surface area contributed by atoms with Crippen LogP contribution < -0.4 is 4.72 Å². The zero-order valence-electron chi connectivity index (χ0n) is 14.6. The molecule has 25 heavy (non-hydrogen) atoms. The maximum atomic E-state index is 12.6. The minimum Gasteiger partial charge on any atom is -0.347 e. The van der Waals surface area contributed by atoms with E-state index in [4.69, 9.17) is 9.47 Å². The van der Waals surface area contributed by atoms with E-state index in [2.05, 4.69) is 4.72 Å². The van der Waals surface area contributed by atoms with Gasteiger partial charge in [-0.3, -0.25) is 0 Å². The summed E-state index contributed by atoms with van der Waals surface area (Å²) < 4.78 is 39.9. The van der Waals surface area contributed by atoms with Crippen LogP contribution in [0.25, 0.3) is 0 Å². The first kappa shape index (κ1) is 17.5. The lowest BCUT2D eigenvalue weighted by Crippen LogP contribution is -2.37. The predicted molar refractivity (Wildman–Crippen MR) is 94.9 cm³/mol. The molecule has 138 valence electrons. The topological polar surface area (TPSA) is 64.6 Å². The summed E-state index contributed by atoms with van der Waals surface area (Å²) in [6, 6.07) is 5.53. The van der Waals surface area contributed by atoms with Crippen molar-refractivity contribution in [2.24, 2.45) is 0 Å². The van der Waals surface area contributed by atoms with Crippen LogP contribution >= 0.6 is 0 Å². The summed E-state index contributed by atoms with van der Waals surface area (Å²) in [6.07, 6.45) is 9.45. The van der Waals surface area contributed by atoms with Crippen molar-refractivity contribution in [2.75, 3.05) is 13.2 Å². The lowest BCUT2D eigenvalue weighted by atomic mass is 9.92. The molecule has 2 fully saturated rings. The number of hydrogen-bond acceptors (Lipinski definition) is 4. The van der Waals surface area contributed by atoms with Crippen molar-refractivity contribution in [2.45, 2.75) is 74.6 Å². The van der Waals surface area contributed by atoms with Gasteiger partial charge >= 0.3 is 0 Å². The SMILES string of the molecule is O=S(=O)(NC[C@@H]1COC2(CCCCC2)O1)c1ccc2c(c1)CCCC2. The second-order valence-electron chi connectivity index (χ2n) is 7.51. The average Bonchev–Trinajstić information content (AvgIpc) is 3.03. The Morgan fingerprint density at radius 3 is 2.60 bits per heavy atom. The Kier molecular flexibility index (Phi) is 4.88. The molecule has 1 saturated carbocycles. The molecule has 2 aliphatic carbocycles. The number of sulfonamides is 1. The van der Waals surface area contributed by atoms with Crippen LogP contribution in [-0.4, -0.2) is 33.5 Å². The standard InChI is InChI=1S/C19H27NO4S/c21-25(22,18-9-8-15-6-2-3-7-16(15)12-18)20-13-17-14-23-19(24-17)10-4-1-5-11-19/h8-9,12,17,20H,1-7,10-11,13-14H2/t17-/m1/s1. The van der Waals surface area contributed by atoms with E-state index in [1.165, 1.54) is 24.0 Å². The largest absolute Gasteiger partial charge is 0.347 e. The lowest BCUT2D eigenvalue weighted by molar-refractivity contribution is -0.186. The number of fused-ring (bicyclic) bond motifs is 1. The fraction of sp³-hybridized carbons (Fsp3) is 0.684. The van der Waals surface area contributed by atoms with Crippen LogP contribution in [0.15, 0.2) is 23.1 Å². The van der Waals surface area contributed by atoms with Crippen LogP contribution in [0.3, 0.4) is 0 Å². The Morgan fingerprint density at radius 1 is 1.04 bits per heavy atom. The van der Waals surface area contributed by atoms with E-state index < -0.39 is 15.8 Å². The Bertz CT molecular complexity index is 725. The van der Waals surface area contributed by atoms with Crippen molar-refractivity contribution in [3.63, 3.8) is 0 Å². The van der Waals surface area contributed by atoms with E-state index in [0.717, 1.165) is 44.9 Å². The summed E-state index contributed by atoms with van der Waals surface area (Å²) in [6.45, 7) is 0.730. The molecule has 4 rings (SSSR count). The minimum atomic E-state index is -3.51. The number of rotatable bonds is 4. The maximum absolute atomic E-state index is 12.6. The van der Waals surface area contributed by atoms with Gasteiger partial charge in [0.2, 0.25) is 10.0 Å². The zero-order valence-corrected chi connectivity index (χ0v) is 15.4. The van der Waals surface area contributed by atoms with Crippen molar-refractivity contribution >= 4 is 10.0 Å². The molecular formula is C19H27NO4S. The van der Waals surface area contributed by atoms with Crippen molar-refractivity contribution in [1.29, 1.82) is 0 Å². The fourth-order valence-electron chi connectivity index (χ4n) is 4.23. The third kappa shape index (κ3) is 3.77. The first-order valence-electron chi connectivity index (χ1n) is 9.50. The molecule has 0 bridgehead atoms. The number of hydrogen-bond donors (Lipinski definition) is 1. The smallest absolute Gasteiger partial charge is 0.240 e. The summed E-state index contributed by atoms with van der Waals surface area (Å²) in [4.78, 5) is 0.361. The molecule has 1 heterocycles. The van der Waals surface area contributed by atoms with Gasteiger partial charge in [0.25, 0.3) is 0 Å². The van der Waals surface area contributed by atoms with Gasteiger partial charge in [-0.1, -0.05) is 12.5 Å². The quantitative estimate of drug-likeness (QED) is 0.891. The highest BCUT2D eigenvalue weighted by Gasteiger charge is 2.42. The summed E-state index contributed by atoms with van der Waals surface area (Å²) in [5.74, 6) is -0.458. The van der Waals surface area contributed by atoms with Crippen LogP contribution in [0.1, 0.15) is 56.1 Å². The Labute approximate surface area is 150 Å². The van der Waals surface area contributed by atoms with Crippen LogP contribution in [0.4, 0.5) is 0 Å². The van der Waals surface area contributed by atoms with E-state index in [1.807, 2.05) is 12.1 Å². The van der Waals surface area contributed by atoms with Crippen molar-refractivity contribution < 1.29 is 17.9 Å². The first-order chi connectivity index (χ1) is 12.1. The van der Waals surface area contributed by atoms with Gasteiger partial charge in [0.15, 0.2) is 5.79 Å². The highest BCUT2D eigenvalue weighted by atomic mass is 32.2. The second kappa shape index (κ2) is 6.99. The third-order valence-electron chi connectivity index (χ3n) is 5.66. The monoisotopic (exact) mass is 365 g/mol. The fourth-order valence-corrected chi connectivity index (χ4v) is 5.35. The maximum Gasteiger partial charge on any atom is 0.240 e. The number of benzene rings is 1. The lowest BCUT2D eigenvalue weighted by Gasteiger charge is -2.31. The Hall–Kier alpha value is -0.950. The molecule has 0 unspecified atom stereocenters. The zero-order chi connectivity index (χ0) is 17.3. The summed E-state index contributed by atoms with van der Waals surface area (Å²) >= 11 is 0. The van der Waals surface area contributed by atoms with Gasteiger partial charge in [-0.15, -0.1) is 0 Å². The first-order valence-corrected chi connectivity index (χ1v) is 11.0. The van der Waals surface area contributed by atoms with Crippen LogP contribution in [0.5, 0.6) is 0 Å². The molecule has 6 heteroatoms. The number of nitrogens with one attached hydrogen (secondary N) is 1. The molecule has 0 aromatic heterocycles. The van der Waals surface area contributed by atoms with Gasteiger partial charge in [0.1, 0.15) is 0 Å². The highest BCUT2D eigenvalue weighted by Crippen LogP contribution is 2.37. The van der Waals surface area contributed by atoms with Crippen molar-refractivity contribution in [3.05, 3.63) is 29.3 Å². The van der Waals surface area contributed by atoms with Crippen LogP contribution in [0, 0.1) is 0 Å². The van der Waals surface area contributed by atoms with Crippen molar-refractivity contribution in [1.82, 2.24) is 4.72 Å². The van der Waals surface area contributed by atoms with Gasteiger partial charge in [-0.25, -0.2) is 13.1 Å². The van der Waals surface area contributed by atoms with Gasteiger partial charge in [-0.2, -0.15) is 0 Å². The Morgan fingerprint density at radius 2 is 1.80 bits per heavy atom. The van der Waals surface area contributed by atoms with E-state index in [0.29, 0.717) is 11.5 Å². The molecule has 1 aliphatic heterocycles. The van der Waals surface area contributed by atoms with Gasteiger partial charge in [-0.05, 0) is 61.8 Å². The highest BCUT2D eigenvalue weighted by molar-refractivity contribution is 7.89. The van der Waals surface area contributed by atoms with Gasteiger partial charge in [0.05, 0.1) is 17.6 Å². The number of aryl methyl sites for hydroxylation is 2. The molecule has 3 aliphatic rings. The van der Waals surface area contributed by atoms with Gasteiger partial charge in [0, 0.05) is 19.4 Å². The second-order valence-corrected chi connectivity index (χ2v) is 9.28. The predicted octanol–water partition coefficient (Wildman–Crippen LogP) is 2.92. The molecule has 1 aromatic carbocycles. The van der Waals surface area contributed by atoms with E-state index in [9.17, 15) is 8.42 Å². The molecular weight excluding hydrogens is 338 g/mol. The summed E-state index contributed by atoms with van der Waals surface area (Å²) in [5, 5.41) is 0. The van der Waals surface area contributed by atoms with Crippen LogP contribution in [0.2, 0.25) is 0 Å². The van der Waals surface area contributed by atoms with E-state index >= 15 is 0 Å². The summed E-state index contributed by atoms with van der Waals surface area (Å²) in [7, 11) is -3.51. The molecule has 1 saturated heterocycles. The molecule has 0 amide bonds. The molecule has 1 aromatic rings. The average molecular weight is 365 g/mol. The molecule has 0 radical (unpaired) electrons. The summed E-state index contributed by atoms with van der Waals surface area (Å²) in [5.41, 5.74) is 2.47. The molecule has 1 spiro atoms. The van der Waals surface area contributed by atoms with Gasteiger partial charge < -0.3 is 9.47 Å². The minimum absolute atomic E-state index is 0.203. The number of ether oxygens (including phenoxy) is 2. The Balaban J connectivity index is 1.39. The normalized spacial score (nSPS) is 25.8. The molecule has 1 N–H and O–H groups in total. The van der Waals surface area contributed by atoms with E-state index in [-0.39, 0.29) is 12.6 Å². The molecule has 5 nitrogen and oxygen atoms in total. The molecule has 1 atom stereocenters. The van der Waals surface area contributed by atoms with E-state index in [1.54, 1.807) is 6.07 Å². The third-order valence-corrected chi connectivity index (χ3v) is 7.08. The van der Waals surface area contributed by atoms with Crippen LogP contribution in [-0.2, 0) is 32.3 Å². The van der Waals surface area contributed by atoms with Crippen molar-refractivity contribution in [3.8, 4) is 0 Å².